The first-order chi connectivity index (χ1) is 15.5. The number of aliphatic hydroxyl groups is 1. The molecule has 176 valence electrons. The van der Waals surface area contributed by atoms with Crippen molar-refractivity contribution in [2.75, 3.05) is 0 Å². The number of aromatic nitrogens is 2. The minimum absolute atomic E-state index is 0.115. The quantitative estimate of drug-likeness (QED) is 0.735. The Kier molecular flexibility index (Phi) is 3.61. The van der Waals surface area contributed by atoms with Crippen LogP contribution in [0.15, 0.2) is 12.4 Å². The number of nitrogens with zero attached hydrogens (tertiary/aromatic N) is 3. The van der Waals surface area contributed by atoms with Crippen molar-refractivity contribution in [3.63, 3.8) is 0 Å². The van der Waals surface area contributed by atoms with Gasteiger partial charge in [0.15, 0.2) is 5.78 Å². The average Bonchev–Trinajstić information content (AvgIpc) is 3.31. The second-order valence-electron chi connectivity index (χ2n) is 13.8. The SMILES string of the molecule is CC1(O)CCC2(C)C(CCC3C2CCC2(C)C3C3C4C3(C)C42C(=O)Cn2cc(C#N)cn2)C1. The smallest absolute Gasteiger partial charge is 0.161 e. The molecule has 0 aromatic carbocycles. The van der Waals surface area contributed by atoms with Crippen LogP contribution in [0.3, 0.4) is 0 Å². The molecule has 7 fully saturated rings. The van der Waals surface area contributed by atoms with Gasteiger partial charge in [-0.3, -0.25) is 9.48 Å². The summed E-state index contributed by atoms with van der Waals surface area (Å²) < 4.78 is 1.69. The van der Waals surface area contributed by atoms with Crippen LogP contribution in [-0.2, 0) is 11.3 Å². The number of hydrogen-bond acceptors (Lipinski definition) is 4. The van der Waals surface area contributed by atoms with E-state index in [4.69, 9.17) is 5.26 Å². The second-order valence-corrected chi connectivity index (χ2v) is 13.8. The van der Waals surface area contributed by atoms with Gasteiger partial charge in [-0.1, -0.05) is 20.8 Å². The lowest BCUT2D eigenvalue weighted by Gasteiger charge is -2.61. The Morgan fingerprint density at radius 3 is 2.64 bits per heavy atom. The van der Waals surface area contributed by atoms with Crippen LogP contribution in [-0.4, -0.2) is 26.3 Å². The van der Waals surface area contributed by atoms with Crippen LogP contribution in [0.25, 0.3) is 0 Å². The summed E-state index contributed by atoms with van der Waals surface area (Å²) in [5.74, 6) is 4.52. The van der Waals surface area contributed by atoms with Crippen LogP contribution >= 0.6 is 0 Å². The Hall–Kier alpha value is -1.67. The highest BCUT2D eigenvalue weighted by Crippen LogP contribution is 3.06. The maximum absolute atomic E-state index is 13.9. The molecule has 7 aliphatic rings. The number of ketones is 1. The van der Waals surface area contributed by atoms with E-state index in [9.17, 15) is 9.90 Å². The fraction of sp³-hybridized carbons (Fsp3) is 0.821. The summed E-state index contributed by atoms with van der Waals surface area (Å²) in [5.41, 5.74) is 0.559. The number of Topliss-reactive ketones (excluding diaryl/α,β-unsaturated/α-hetero) is 1. The first-order valence-electron chi connectivity index (χ1n) is 13.2. The van der Waals surface area contributed by atoms with E-state index in [0.717, 1.165) is 37.0 Å². The number of fused-ring (bicyclic) bond motifs is 3. The number of hydrogen-bond donors (Lipinski definition) is 1. The van der Waals surface area contributed by atoms with E-state index >= 15 is 0 Å². The van der Waals surface area contributed by atoms with Crippen molar-refractivity contribution in [3.8, 4) is 6.07 Å². The molecular weight excluding hydrogens is 410 g/mol. The maximum Gasteiger partial charge on any atom is 0.161 e. The number of rotatable bonds is 3. The molecule has 8 rings (SSSR count). The standard InChI is InChI=1S/C28H37N3O2/c1-24(33)9-10-25(2)17(11-24)5-6-18-19(25)7-8-26(3)21(18)22-23-27(22,4)28(23,26)20(32)15-31-14-16(12-29)13-30-31/h13-14,17-19,21-23,33H,5-11,15H2,1-4H3. The number of carbonyl (C=O) groups excluding carboxylic acids is 1. The van der Waals surface area contributed by atoms with Crippen LogP contribution < -0.4 is 0 Å². The van der Waals surface area contributed by atoms with Gasteiger partial charge in [-0.25, -0.2) is 0 Å². The molecule has 7 saturated carbocycles. The molecular formula is C28H37N3O2. The lowest BCUT2D eigenvalue weighted by atomic mass is 9.44. The molecule has 7 aliphatic carbocycles. The van der Waals surface area contributed by atoms with Gasteiger partial charge < -0.3 is 5.11 Å². The van der Waals surface area contributed by atoms with Crippen molar-refractivity contribution in [1.29, 1.82) is 5.26 Å². The molecule has 1 aromatic heterocycles. The zero-order chi connectivity index (χ0) is 23.2. The molecule has 1 N–H and O–H groups in total. The van der Waals surface area contributed by atoms with Crippen LogP contribution in [0.2, 0.25) is 0 Å². The van der Waals surface area contributed by atoms with E-state index < -0.39 is 5.60 Å². The summed E-state index contributed by atoms with van der Waals surface area (Å²) in [7, 11) is 0. The maximum atomic E-state index is 13.9. The van der Waals surface area contributed by atoms with Crippen molar-refractivity contribution in [1.82, 2.24) is 9.78 Å². The van der Waals surface area contributed by atoms with Gasteiger partial charge in [0.05, 0.1) is 17.4 Å². The first kappa shape index (κ1) is 20.7. The van der Waals surface area contributed by atoms with E-state index in [0.29, 0.717) is 41.1 Å². The third kappa shape index (κ3) is 2.07. The van der Waals surface area contributed by atoms with Crippen molar-refractivity contribution in [3.05, 3.63) is 18.0 Å². The van der Waals surface area contributed by atoms with E-state index in [1.54, 1.807) is 17.1 Å². The largest absolute Gasteiger partial charge is 0.390 e. The summed E-state index contributed by atoms with van der Waals surface area (Å²) in [6.07, 6.45) is 11.3. The highest BCUT2D eigenvalue weighted by Gasteiger charge is 3.05. The summed E-state index contributed by atoms with van der Waals surface area (Å²) in [5, 5.41) is 24.2. The molecule has 33 heavy (non-hydrogen) atoms. The number of nitriles is 1. The Balaban J connectivity index is 1.19. The van der Waals surface area contributed by atoms with Gasteiger partial charge in [-0.15, -0.1) is 0 Å². The van der Waals surface area contributed by atoms with E-state index in [-0.39, 0.29) is 16.2 Å². The minimum Gasteiger partial charge on any atom is -0.390 e. The normalized spacial score (nSPS) is 57.2. The summed E-state index contributed by atoms with van der Waals surface area (Å²) in [6, 6.07) is 2.13. The van der Waals surface area contributed by atoms with Gasteiger partial charge in [0.2, 0.25) is 0 Å². The Morgan fingerprint density at radius 1 is 1.18 bits per heavy atom. The molecule has 5 heteroatoms. The topological polar surface area (TPSA) is 78.9 Å². The molecule has 1 heterocycles. The van der Waals surface area contributed by atoms with Crippen molar-refractivity contribution in [2.24, 2.45) is 57.2 Å². The third-order valence-electron chi connectivity index (χ3n) is 12.8. The fourth-order valence-corrected chi connectivity index (χ4v) is 11.6. The number of carbonyl (C=O) groups is 1. The van der Waals surface area contributed by atoms with Crippen LogP contribution in [0.5, 0.6) is 0 Å². The Labute approximate surface area is 196 Å². The summed E-state index contributed by atoms with van der Waals surface area (Å²) >= 11 is 0. The van der Waals surface area contributed by atoms with Gasteiger partial charge in [-0.2, -0.15) is 10.4 Å². The zero-order valence-corrected chi connectivity index (χ0v) is 20.5. The molecule has 11 atom stereocenters. The highest BCUT2D eigenvalue weighted by atomic mass is 16.3. The molecule has 11 unspecified atom stereocenters. The van der Waals surface area contributed by atoms with E-state index in [2.05, 4.69) is 31.9 Å². The van der Waals surface area contributed by atoms with Gasteiger partial charge >= 0.3 is 0 Å². The van der Waals surface area contributed by atoms with Crippen LogP contribution in [0.4, 0.5) is 0 Å². The molecule has 0 amide bonds. The van der Waals surface area contributed by atoms with Crippen molar-refractivity contribution < 1.29 is 9.90 Å². The molecule has 0 spiro atoms. The first-order valence-corrected chi connectivity index (χ1v) is 13.2. The predicted molar refractivity (Wildman–Crippen MR) is 123 cm³/mol. The van der Waals surface area contributed by atoms with E-state index in [1.807, 2.05) is 6.92 Å². The average molecular weight is 448 g/mol. The fourth-order valence-electron chi connectivity index (χ4n) is 11.6. The molecule has 5 nitrogen and oxygen atoms in total. The highest BCUT2D eigenvalue weighted by molar-refractivity contribution is 5.95. The van der Waals surface area contributed by atoms with Crippen molar-refractivity contribution >= 4 is 5.78 Å². The van der Waals surface area contributed by atoms with Gasteiger partial charge in [-0.05, 0) is 104 Å². The molecule has 0 aliphatic heterocycles. The zero-order valence-electron chi connectivity index (χ0n) is 20.5. The summed E-state index contributed by atoms with van der Waals surface area (Å²) in [4.78, 5) is 13.9. The van der Waals surface area contributed by atoms with E-state index in [1.165, 1.54) is 25.7 Å². The van der Waals surface area contributed by atoms with Crippen molar-refractivity contribution in [2.45, 2.75) is 84.8 Å². The monoisotopic (exact) mass is 447 g/mol. The second kappa shape index (κ2) is 5.76. The lowest BCUT2D eigenvalue weighted by Crippen LogP contribution is -2.56. The third-order valence-corrected chi connectivity index (χ3v) is 12.8. The minimum atomic E-state index is -0.485. The van der Waals surface area contributed by atoms with Crippen LogP contribution in [0.1, 0.15) is 78.2 Å². The van der Waals surface area contributed by atoms with Gasteiger partial charge in [0.1, 0.15) is 12.6 Å². The van der Waals surface area contributed by atoms with Gasteiger partial charge in [0.25, 0.3) is 0 Å². The Bertz CT molecular complexity index is 1120. The Morgan fingerprint density at radius 2 is 1.94 bits per heavy atom. The summed E-state index contributed by atoms with van der Waals surface area (Å²) in [6.45, 7) is 9.78. The lowest BCUT2D eigenvalue weighted by molar-refractivity contribution is -0.152. The molecule has 2 bridgehead atoms. The molecule has 0 saturated heterocycles. The predicted octanol–water partition coefficient (Wildman–Crippen LogP) is 4.59. The molecule has 0 radical (unpaired) electrons. The van der Waals surface area contributed by atoms with Gasteiger partial charge in [0, 0.05) is 11.6 Å². The van der Waals surface area contributed by atoms with Crippen LogP contribution in [0, 0.1) is 68.5 Å². The molecule has 1 aromatic rings.